The van der Waals surface area contributed by atoms with Crippen molar-refractivity contribution >= 4 is 28.3 Å². The van der Waals surface area contributed by atoms with E-state index in [1.165, 1.54) is 15.6 Å². The molecule has 1 saturated heterocycles. The summed E-state index contributed by atoms with van der Waals surface area (Å²) in [5.41, 5.74) is 2.62. The first-order valence-corrected chi connectivity index (χ1v) is 8.11. The molecule has 0 saturated carbocycles. The Labute approximate surface area is 146 Å². The number of imidazole rings is 1. The second kappa shape index (κ2) is 7.59. The van der Waals surface area contributed by atoms with E-state index < -0.39 is 0 Å². The topological polar surface area (TPSA) is 33.1 Å². The molecule has 1 fully saturated rings. The van der Waals surface area contributed by atoms with Gasteiger partial charge in [0.2, 0.25) is 0 Å². The summed E-state index contributed by atoms with van der Waals surface area (Å²) >= 11 is 3.63. The van der Waals surface area contributed by atoms with Crippen molar-refractivity contribution in [3.63, 3.8) is 0 Å². The average molecular weight is 386 g/mol. The predicted molar refractivity (Wildman–Crippen MR) is 95.4 cm³/mol. The third kappa shape index (κ3) is 3.71. The number of halogens is 2. The minimum Gasteiger partial charge on any atom is -0.337 e. The molecule has 6 heteroatoms. The number of hydrogen-bond acceptors (Lipinski definition) is 3. The Morgan fingerprint density at radius 2 is 2.23 bits per heavy atom. The molecular formula is C16H22BrClN4. The summed E-state index contributed by atoms with van der Waals surface area (Å²) in [7, 11) is 2.07. The summed E-state index contributed by atoms with van der Waals surface area (Å²) in [4.78, 5) is 7.04. The third-order valence-electron chi connectivity index (χ3n) is 4.13. The van der Waals surface area contributed by atoms with Gasteiger partial charge in [0.15, 0.2) is 0 Å². The van der Waals surface area contributed by atoms with Crippen LogP contribution in [0.4, 0.5) is 0 Å². The third-order valence-corrected chi connectivity index (χ3v) is 4.99. The van der Waals surface area contributed by atoms with Crippen molar-refractivity contribution in [3.8, 4) is 0 Å². The Kier molecular flexibility index (Phi) is 6.03. The molecule has 0 aliphatic carbocycles. The highest BCUT2D eigenvalue weighted by molar-refractivity contribution is 9.10. The molecule has 0 bridgehead atoms. The summed E-state index contributed by atoms with van der Waals surface area (Å²) < 4.78 is 3.30. The molecule has 4 nitrogen and oxygen atoms in total. The lowest BCUT2D eigenvalue weighted by molar-refractivity contribution is 0.144. The van der Waals surface area contributed by atoms with Gasteiger partial charge in [-0.15, -0.1) is 12.4 Å². The van der Waals surface area contributed by atoms with Gasteiger partial charge in [-0.05, 0) is 24.1 Å². The van der Waals surface area contributed by atoms with Gasteiger partial charge in [0.05, 0.1) is 6.04 Å². The molecule has 0 amide bonds. The van der Waals surface area contributed by atoms with Crippen molar-refractivity contribution in [1.82, 2.24) is 19.8 Å². The largest absolute Gasteiger partial charge is 0.337 e. The fourth-order valence-electron chi connectivity index (χ4n) is 2.86. The fraction of sp³-hybridized carbons (Fsp3) is 0.438. The maximum atomic E-state index is 4.54. The predicted octanol–water partition coefficient (Wildman–Crippen LogP) is 3.06. The fourth-order valence-corrected chi connectivity index (χ4v) is 3.28. The van der Waals surface area contributed by atoms with E-state index in [4.69, 9.17) is 0 Å². The van der Waals surface area contributed by atoms with Gasteiger partial charge in [-0.3, -0.25) is 4.90 Å². The summed E-state index contributed by atoms with van der Waals surface area (Å²) in [6.07, 6.45) is 3.90. The van der Waals surface area contributed by atoms with Gasteiger partial charge in [0.25, 0.3) is 0 Å². The second-order valence-electron chi connectivity index (χ2n) is 5.67. The van der Waals surface area contributed by atoms with Crippen molar-refractivity contribution in [1.29, 1.82) is 0 Å². The van der Waals surface area contributed by atoms with Crippen LogP contribution in [0.3, 0.4) is 0 Å². The summed E-state index contributed by atoms with van der Waals surface area (Å²) in [6, 6.07) is 6.96. The molecule has 1 aliphatic rings. The number of nitrogens with one attached hydrogen (secondary N) is 1. The van der Waals surface area contributed by atoms with Gasteiger partial charge in [0.1, 0.15) is 5.82 Å². The average Bonchev–Trinajstić information content (AvgIpc) is 2.90. The highest BCUT2D eigenvalue weighted by Gasteiger charge is 2.26. The van der Waals surface area contributed by atoms with Gasteiger partial charge in [-0.25, -0.2) is 4.98 Å². The van der Waals surface area contributed by atoms with Crippen LogP contribution in [0.1, 0.15) is 23.0 Å². The first kappa shape index (κ1) is 17.5. The van der Waals surface area contributed by atoms with Crippen molar-refractivity contribution in [3.05, 3.63) is 52.0 Å². The Balaban J connectivity index is 0.00000176. The maximum Gasteiger partial charge on any atom is 0.127 e. The van der Waals surface area contributed by atoms with Crippen molar-refractivity contribution in [2.24, 2.45) is 7.05 Å². The molecular weight excluding hydrogens is 364 g/mol. The Bertz CT molecular complexity index is 628. The molecule has 2 aromatic rings. The van der Waals surface area contributed by atoms with E-state index in [2.05, 4.69) is 67.9 Å². The molecule has 120 valence electrons. The van der Waals surface area contributed by atoms with Crippen LogP contribution in [0, 0.1) is 6.92 Å². The van der Waals surface area contributed by atoms with E-state index in [-0.39, 0.29) is 12.4 Å². The molecule has 1 aromatic heterocycles. The molecule has 1 atom stereocenters. The van der Waals surface area contributed by atoms with Crippen molar-refractivity contribution in [2.75, 3.05) is 19.6 Å². The van der Waals surface area contributed by atoms with Crippen LogP contribution in [0.5, 0.6) is 0 Å². The van der Waals surface area contributed by atoms with E-state index in [0.717, 1.165) is 32.0 Å². The molecule has 2 heterocycles. The van der Waals surface area contributed by atoms with Crippen LogP contribution >= 0.6 is 28.3 Å². The van der Waals surface area contributed by atoms with Crippen LogP contribution in [0.25, 0.3) is 0 Å². The zero-order chi connectivity index (χ0) is 14.8. The van der Waals surface area contributed by atoms with Gasteiger partial charge >= 0.3 is 0 Å². The lowest BCUT2D eigenvalue weighted by Crippen LogP contribution is -2.46. The minimum absolute atomic E-state index is 0. The Hall–Kier alpha value is -0.880. The molecule has 1 unspecified atom stereocenters. The van der Waals surface area contributed by atoms with Crippen LogP contribution in [-0.4, -0.2) is 34.1 Å². The molecule has 1 N–H and O–H groups in total. The molecule has 22 heavy (non-hydrogen) atoms. The van der Waals surface area contributed by atoms with Crippen LogP contribution in [0.2, 0.25) is 0 Å². The smallest absolute Gasteiger partial charge is 0.127 e. The second-order valence-corrected chi connectivity index (χ2v) is 6.52. The van der Waals surface area contributed by atoms with Gasteiger partial charge in [-0.1, -0.05) is 28.1 Å². The number of aromatic nitrogens is 2. The van der Waals surface area contributed by atoms with Crippen LogP contribution in [0.15, 0.2) is 35.1 Å². The molecule has 3 rings (SSSR count). The van der Waals surface area contributed by atoms with Crippen molar-refractivity contribution in [2.45, 2.75) is 19.5 Å². The van der Waals surface area contributed by atoms with Crippen LogP contribution in [-0.2, 0) is 13.6 Å². The minimum atomic E-state index is 0. The lowest BCUT2D eigenvalue weighted by atomic mass is 10.1. The first-order valence-electron chi connectivity index (χ1n) is 7.32. The normalized spacial score (nSPS) is 19.0. The zero-order valence-corrected chi connectivity index (χ0v) is 15.3. The number of piperazine rings is 1. The number of rotatable bonds is 3. The summed E-state index contributed by atoms with van der Waals surface area (Å²) in [5, 5.41) is 3.48. The van der Waals surface area contributed by atoms with E-state index in [1.54, 1.807) is 0 Å². The molecule has 0 radical (unpaired) electrons. The molecule has 0 spiro atoms. The van der Waals surface area contributed by atoms with Crippen molar-refractivity contribution < 1.29 is 0 Å². The van der Waals surface area contributed by atoms with E-state index in [9.17, 15) is 0 Å². The number of benzene rings is 1. The number of hydrogen-bond donors (Lipinski definition) is 1. The molecule has 1 aliphatic heterocycles. The number of nitrogens with zero attached hydrogens (tertiary/aromatic N) is 3. The standard InChI is InChI=1S/C16H21BrN4.ClH/c1-12-3-4-13(9-14(12)17)11-21-8-5-18-10-15(21)16-19-6-7-20(16)2;/h3-4,6-7,9,15,18H,5,8,10-11H2,1-2H3;1H. The lowest BCUT2D eigenvalue weighted by Gasteiger charge is -2.35. The van der Waals surface area contributed by atoms with E-state index in [0.29, 0.717) is 6.04 Å². The Morgan fingerprint density at radius 1 is 1.41 bits per heavy atom. The van der Waals surface area contributed by atoms with Gasteiger partial charge < -0.3 is 9.88 Å². The first-order chi connectivity index (χ1) is 10.1. The molecule has 1 aromatic carbocycles. The highest BCUT2D eigenvalue weighted by atomic mass is 79.9. The monoisotopic (exact) mass is 384 g/mol. The highest BCUT2D eigenvalue weighted by Crippen LogP contribution is 2.24. The van der Waals surface area contributed by atoms with Crippen LogP contribution < -0.4 is 5.32 Å². The number of aryl methyl sites for hydroxylation is 2. The van der Waals surface area contributed by atoms with E-state index >= 15 is 0 Å². The quantitative estimate of drug-likeness (QED) is 0.881. The van der Waals surface area contributed by atoms with E-state index in [1.807, 2.05) is 12.4 Å². The maximum absolute atomic E-state index is 4.54. The summed E-state index contributed by atoms with van der Waals surface area (Å²) in [5.74, 6) is 1.13. The zero-order valence-electron chi connectivity index (χ0n) is 12.9. The van der Waals surface area contributed by atoms with Gasteiger partial charge in [-0.2, -0.15) is 0 Å². The summed E-state index contributed by atoms with van der Waals surface area (Å²) in [6.45, 7) is 6.11. The van der Waals surface area contributed by atoms with Gasteiger partial charge in [0, 0.05) is 50.1 Å². The SMILES string of the molecule is Cc1ccc(CN2CCNCC2c2nccn2C)cc1Br.Cl. The Morgan fingerprint density at radius 3 is 2.91 bits per heavy atom.